The Labute approximate surface area is 198 Å². The highest BCUT2D eigenvalue weighted by Gasteiger charge is 2.19. The van der Waals surface area contributed by atoms with Crippen LogP contribution in [0.4, 0.5) is 16.6 Å². The minimum Gasteiger partial charge on any atom is -0.465 e. The lowest BCUT2D eigenvalue weighted by molar-refractivity contribution is 0.209. The van der Waals surface area contributed by atoms with E-state index in [1.165, 1.54) is 0 Å². The van der Waals surface area contributed by atoms with Crippen LogP contribution in [-0.4, -0.2) is 66.8 Å². The average molecular weight is 469 g/mol. The summed E-state index contributed by atoms with van der Waals surface area (Å²) in [4.78, 5) is 24.6. The lowest BCUT2D eigenvalue weighted by Gasteiger charge is -2.22. The summed E-state index contributed by atoms with van der Waals surface area (Å²) in [6, 6.07) is 4.16. The van der Waals surface area contributed by atoms with Crippen LogP contribution < -0.4 is 16.0 Å². The highest BCUT2D eigenvalue weighted by molar-refractivity contribution is 5.89. The molecule has 4 heterocycles. The zero-order valence-corrected chi connectivity index (χ0v) is 19.4. The Morgan fingerprint density at radius 1 is 1.24 bits per heavy atom. The van der Waals surface area contributed by atoms with Gasteiger partial charge in [0.15, 0.2) is 5.82 Å². The molecule has 0 spiro atoms. The molecule has 1 saturated heterocycles. The van der Waals surface area contributed by atoms with Crippen LogP contribution in [0.25, 0.3) is 11.0 Å². The number of nitrogens with one attached hydrogen (secondary N) is 3. The highest BCUT2D eigenvalue weighted by atomic mass is 16.4. The van der Waals surface area contributed by atoms with E-state index in [-0.39, 0.29) is 18.6 Å². The van der Waals surface area contributed by atoms with E-state index in [1.54, 1.807) is 10.9 Å². The molecule has 4 rings (SSSR count). The third-order valence-corrected chi connectivity index (χ3v) is 6.10. The first-order valence-electron chi connectivity index (χ1n) is 11.8. The number of rotatable bonds is 10. The van der Waals surface area contributed by atoms with E-state index in [9.17, 15) is 9.90 Å². The number of anilines is 2. The molecule has 1 aliphatic rings. The van der Waals surface area contributed by atoms with E-state index in [4.69, 9.17) is 10.1 Å². The minimum absolute atomic E-state index is 0.0138. The number of hydrogen-bond acceptors (Lipinski definition) is 8. The maximum Gasteiger partial charge on any atom is 0.411 e. The first-order valence-corrected chi connectivity index (χ1v) is 11.8. The van der Waals surface area contributed by atoms with Crippen LogP contribution in [-0.2, 0) is 6.54 Å². The first-order chi connectivity index (χ1) is 16.6. The highest BCUT2D eigenvalue weighted by Crippen LogP contribution is 2.26. The second-order valence-electron chi connectivity index (χ2n) is 8.62. The molecule has 5 N–H and O–H groups in total. The molecule has 11 nitrogen and oxygen atoms in total. The summed E-state index contributed by atoms with van der Waals surface area (Å²) in [7, 11) is 0. The van der Waals surface area contributed by atoms with Crippen LogP contribution in [0.1, 0.15) is 56.2 Å². The third kappa shape index (κ3) is 5.78. The molecule has 1 aliphatic heterocycles. The van der Waals surface area contributed by atoms with E-state index in [0.29, 0.717) is 35.7 Å². The fourth-order valence-corrected chi connectivity index (χ4v) is 4.42. The average Bonchev–Trinajstić information content (AvgIpc) is 3.23. The standard InChI is InChI=1S/C23H32N8O3/c1-2-3-17(8-11-32)27-21-20-19(28-22(29-21)30-23(33)34)13-26-31(20)14-15-4-5-18(25-12-15)16-6-9-24-10-7-16/h4-5,12-13,16-17,24,32H,2-3,6-11,14H2,1H3,(H,33,34)(H2,27,28,29,30)/t17-/m0/s1. The van der Waals surface area contributed by atoms with Crippen molar-refractivity contribution >= 4 is 28.9 Å². The Bertz CT molecular complexity index is 1090. The molecular formula is C23H32N8O3. The molecule has 1 atom stereocenters. The number of piperidine rings is 1. The summed E-state index contributed by atoms with van der Waals surface area (Å²) < 4.78 is 1.80. The summed E-state index contributed by atoms with van der Waals surface area (Å²) in [6.07, 6.45) is 6.78. The number of pyridine rings is 1. The molecule has 3 aromatic heterocycles. The van der Waals surface area contributed by atoms with Gasteiger partial charge >= 0.3 is 6.09 Å². The van der Waals surface area contributed by atoms with Gasteiger partial charge in [-0.2, -0.15) is 10.1 Å². The number of carbonyl (C=O) groups is 1. The fourth-order valence-electron chi connectivity index (χ4n) is 4.42. The molecule has 0 bridgehead atoms. The number of hydrogen-bond donors (Lipinski definition) is 5. The van der Waals surface area contributed by atoms with Gasteiger partial charge in [0.25, 0.3) is 0 Å². The van der Waals surface area contributed by atoms with Gasteiger partial charge in [-0.15, -0.1) is 0 Å². The Balaban J connectivity index is 1.62. The van der Waals surface area contributed by atoms with Gasteiger partial charge in [0.1, 0.15) is 11.0 Å². The van der Waals surface area contributed by atoms with Crippen LogP contribution in [0.2, 0.25) is 0 Å². The number of fused-ring (bicyclic) bond motifs is 1. The minimum atomic E-state index is -1.24. The molecule has 182 valence electrons. The van der Waals surface area contributed by atoms with Crippen molar-refractivity contribution in [1.82, 2.24) is 30.0 Å². The maximum atomic E-state index is 11.2. The summed E-state index contributed by atoms with van der Waals surface area (Å²) in [5.41, 5.74) is 3.33. The van der Waals surface area contributed by atoms with Crippen LogP contribution in [0, 0.1) is 0 Å². The molecule has 34 heavy (non-hydrogen) atoms. The summed E-state index contributed by atoms with van der Waals surface area (Å²) in [6.45, 7) is 4.64. The fraction of sp³-hybridized carbons (Fsp3) is 0.522. The monoisotopic (exact) mass is 468 g/mol. The Morgan fingerprint density at radius 3 is 2.74 bits per heavy atom. The molecule has 11 heteroatoms. The van der Waals surface area contributed by atoms with Crippen LogP contribution >= 0.6 is 0 Å². The predicted octanol–water partition coefficient (Wildman–Crippen LogP) is 2.79. The normalized spacial score (nSPS) is 15.4. The van der Waals surface area contributed by atoms with Gasteiger partial charge in [-0.1, -0.05) is 19.4 Å². The van der Waals surface area contributed by atoms with Gasteiger partial charge in [0, 0.05) is 30.5 Å². The number of carboxylic acid groups (broad SMARTS) is 1. The SMILES string of the molecule is CCC[C@@H](CCO)Nc1nc(NC(=O)O)nc2cnn(Cc3ccc(C4CCNCC4)nc3)c12. The van der Waals surface area contributed by atoms with E-state index in [2.05, 4.69) is 50.1 Å². The van der Waals surface area contributed by atoms with Gasteiger partial charge in [0.05, 0.1) is 12.7 Å². The van der Waals surface area contributed by atoms with Gasteiger partial charge in [-0.05, 0) is 50.4 Å². The Hall–Kier alpha value is -3.31. The zero-order valence-electron chi connectivity index (χ0n) is 19.4. The van der Waals surface area contributed by atoms with Crippen molar-refractivity contribution < 1.29 is 15.0 Å². The van der Waals surface area contributed by atoms with E-state index >= 15 is 0 Å². The molecule has 1 amide bonds. The number of amides is 1. The third-order valence-electron chi connectivity index (χ3n) is 6.10. The van der Waals surface area contributed by atoms with Crippen molar-refractivity contribution in [3.8, 4) is 0 Å². The van der Waals surface area contributed by atoms with Crippen molar-refractivity contribution in [2.24, 2.45) is 0 Å². The largest absolute Gasteiger partial charge is 0.465 e. The number of aliphatic hydroxyl groups excluding tert-OH is 1. The second-order valence-corrected chi connectivity index (χ2v) is 8.62. The summed E-state index contributed by atoms with van der Waals surface area (Å²) >= 11 is 0. The molecular weight excluding hydrogens is 436 g/mol. The summed E-state index contributed by atoms with van der Waals surface area (Å²) in [5.74, 6) is 0.957. The molecule has 0 saturated carbocycles. The van der Waals surface area contributed by atoms with Crippen molar-refractivity contribution in [1.29, 1.82) is 0 Å². The zero-order chi connectivity index (χ0) is 23.9. The smallest absolute Gasteiger partial charge is 0.411 e. The van der Waals surface area contributed by atoms with Crippen molar-refractivity contribution in [3.63, 3.8) is 0 Å². The van der Waals surface area contributed by atoms with Crippen molar-refractivity contribution in [3.05, 3.63) is 35.8 Å². The summed E-state index contributed by atoms with van der Waals surface area (Å²) in [5, 5.41) is 32.1. The quantitative estimate of drug-likeness (QED) is 0.303. The molecule has 0 unspecified atom stereocenters. The van der Waals surface area contributed by atoms with Crippen molar-refractivity contribution in [2.75, 3.05) is 30.3 Å². The van der Waals surface area contributed by atoms with Gasteiger partial charge in [-0.25, -0.2) is 9.78 Å². The van der Waals surface area contributed by atoms with E-state index in [0.717, 1.165) is 50.0 Å². The van der Waals surface area contributed by atoms with Crippen LogP contribution in [0.3, 0.4) is 0 Å². The molecule has 0 aliphatic carbocycles. The molecule has 1 fully saturated rings. The van der Waals surface area contributed by atoms with Crippen molar-refractivity contribution in [2.45, 2.75) is 57.5 Å². The van der Waals surface area contributed by atoms with E-state index in [1.807, 2.05) is 6.20 Å². The Kier molecular flexibility index (Phi) is 7.86. The van der Waals surface area contributed by atoms with E-state index < -0.39 is 6.09 Å². The second kappa shape index (κ2) is 11.2. The number of nitrogens with zero attached hydrogens (tertiary/aromatic N) is 5. The van der Waals surface area contributed by atoms with Gasteiger partial charge in [0.2, 0.25) is 5.95 Å². The van der Waals surface area contributed by atoms with Gasteiger partial charge in [-0.3, -0.25) is 15.0 Å². The Morgan fingerprint density at radius 2 is 2.06 bits per heavy atom. The molecule has 0 radical (unpaired) electrons. The lowest BCUT2D eigenvalue weighted by Crippen LogP contribution is -2.27. The lowest BCUT2D eigenvalue weighted by atomic mass is 9.94. The topological polar surface area (TPSA) is 150 Å². The van der Waals surface area contributed by atoms with Crippen LogP contribution in [0.5, 0.6) is 0 Å². The van der Waals surface area contributed by atoms with Crippen LogP contribution in [0.15, 0.2) is 24.5 Å². The molecule has 3 aromatic rings. The number of aliphatic hydroxyl groups is 1. The predicted molar refractivity (Wildman–Crippen MR) is 129 cm³/mol. The maximum absolute atomic E-state index is 11.2. The number of aromatic nitrogens is 5. The molecule has 0 aromatic carbocycles. The van der Waals surface area contributed by atoms with Gasteiger partial charge < -0.3 is 20.8 Å². The first kappa shape index (κ1) is 23.8.